The molecule has 1 N–H and O–H groups in total. The van der Waals surface area contributed by atoms with Gasteiger partial charge in [-0.25, -0.2) is 0 Å². The molecule has 3 nitrogen and oxygen atoms in total. The normalized spacial score (nSPS) is 19.1. The molecule has 2 heterocycles. The van der Waals surface area contributed by atoms with Crippen molar-refractivity contribution in [2.24, 2.45) is 0 Å². The zero-order valence-electron chi connectivity index (χ0n) is 11.0. The molecular formula is C14H18N2OS2. The fourth-order valence-electron chi connectivity index (χ4n) is 2.60. The van der Waals surface area contributed by atoms with Crippen LogP contribution in [0.1, 0.15) is 19.8 Å². The minimum atomic E-state index is 0.670. The SMILES string of the molecule is CCOc1cccc2c1[nH]c(=S)n2CC1CCCS1. The Kier molecular flexibility index (Phi) is 3.84. The van der Waals surface area contributed by atoms with Crippen molar-refractivity contribution in [3.8, 4) is 5.75 Å². The van der Waals surface area contributed by atoms with Gasteiger partial charge >= 0.3 is 0 Å². The first kappa shape index (κ1) is 13.1. The molecule has 1 aliphatic heterocycles. The van der Waals surface area contributed by atoms with Crippen LogP contribution in [0, 0.1) is 4.77 Å². The highest BCUT2D eigenvalue weighted by molar-refractivity contribution is 8.00. The summed E-state index contributed by atoms with van der Waals surface area (Å²) in [7, 11) is 0. The van der Waals surface area contributed by atoms with Crippen molar-refractivity contribution in [2.45, 2.75) is 31.6 Å². The zero-order chi connectivity index (χ0) is 13.2. The molecule has 102 valence electrons. The minimum Gasteiger partial charge on any atom is -0.492 e. The summed E-state index contributed by atoms with van der Waals surface area (Å²) >= 11 is 7.53. The molecule has 0 amide bonds. The summed E-state index contributed by atoms with van der Waals surface area (Å²) in [6.07, 6.45) is 2.62. The Morgan fingerprint density at radius 2 is 2.42 bits per heavy atom. The van der Waals surface area contributed by atoms with Gasteiger partial charge in [0.05, 0.1) is 12.1 Å². The van der Waals surface area contributed by atoms with Crippen molar-refractivity contribution < 1.29 is 4.74 Å². The molecule has 1 atom stereocenters. The molecule has 0 aliphatic carbocycles. The number of H-pyrrole nitrogens is 1. The molecule has 3 rings (SSSR count). The van der Waals surface area contributed by atoms with Crippen LogP contribution in [-0.4, -0.2) is 27.2 Å². The van der Waals surface area contributed by atoms with Gasteiger partial charge in [0.15, 0.2) is 4.77 Å². The Labute approximate surface area is 122 Å². The highest BCUT2D eigenvalue weighted by Crippen LogP contribution is 2.30. The second-order valence-electron chi connectivity index (χ2n) is 4.76. The number of ether oxygens (including phenoxy) is 1. The number of nitrogens with one attached hydrogen (secondary N) is 1. The van der Waals surface area contributed by atoms with Crippen LogP contribution in [0.5, 0.6) is 5.75 Å². The number of rotatable bonds is 4. The minimum absolute atomic E-state index is 0.670. The van der Waals surface area contributed by atoms with Gasteiger partial charge in [-0.15, -0.1) is 0 Å². The van der Waals surface area contributed by atoms with Gasteiger partial charge in [0.2, 0.25) is 0 Å². The molecule has 1 unspecified atom stereocenters. The summed E-state index contributed by atoms with van der Waals surface area (Å²) in [4.78, 5) is 3.30. The highest BCUT2D eigenvalue weighted by Gasteiger charge is 2.18. The van der Waals surface area contributed by atoms with Gasteiger partial charge in [0.25, 0.3) is 0 Å². The summed E-state index contributed by atoms with van der Waals surface area (Å²) in [5, 5.41) is 0.696. The zero-order valence-corrected chi connectivity index (χ0v) is 12.6. The average Bonchev–Trinajstić information content (AvgIpc) is 3.01. The smallest absolute Gasteiger partial charge is 0.178 e. The Morgan fingerprint density at radius 1 is 1.53 bits per heavy atom. The van der Waals surface area contributed by atoms with E-state index in [1.807, 2.05) is 19.1 Å². The molecular weight excluding hydrogens is 276 g/mol. The van der Waals surface area contributed by atoms with Gasteiger partial charge < -0.3 is 14.3 Å². The van der Waals surface area contributed by atoms with Gasteiger partial charge in [-0.05, 0) is 49.9 Å². The first-order valence-electron chi connectivity index (χ1n) is 6.75. The topological polar surface area (TPSA) is 29.9 Å². The summed E-state index contributed by atoms with van der Waals surface area (Å²) in [6.45, 7) is 3.67. The van der Waals surface area contributed by atoms with E-state index < -0.39 is 0 Å². The van der Waals surface area contributed by atoms with Crippen molar-refractivity contribution >= 4 is 35.0 Å². The Morgan fingerprint density at radius 3 is 3.16 bits per heavy atom. The third kappa shape index (κ3) is 2.54. The quantitative estimate of drug-likeness (QED) is 0.865. The number of aromatic amines is 1. The molecule has 5 heteroatoms. The number of benzene rings is 1. The van der Waals surface area contributed by atoms with E-state index in [1.165, 1.54) is 18.6 Å². The van der Waals surface area contributed by atoms with Gasteiger partial charge in [-0.3, -0.25) is 0 Å². The second kappa shape index (κ2) is 5.59. The molecule has 1 fully saturated rings. The van der Waals surface area contributed by atoms with Crippen LogP contribution in [0.2, 0.25) is 0 Å². The molecule has 1 aliphatic rings. The van der Waals surface area contributed by atoms with E-state index in [1.54, 1.807) is 0 Å². The van der Waals surface area contributed by atoms with Crippen LogP contribution in [-0.2, 0) is 6.54 Å². The maximum absolute atomic E-state index is 5.66. The standard InChI is InChI=1S/C14H18N2OS2/c1-2-17-12-7-3-6-11-13(12)15-14(18)16(11)9-10-5-4-8-19-10/h3,6-7,10H,2,4-5,8-9H2,1H3,(H,15,18). The van der Waals surface area contributed by atoms with E-state index in [0.717, 1.165) is 28.1 Å². The monoisotopic (exact) mass is 294 g/mol. The van der Waals surface area contributed by atoms with Crippen LogP contribution in [0.4, 0.5) is 0 Å². The highest BCUT2D eigenvalue weighted by atomic mass is 32.2. The van der Waals surface area contributed by atoms with E-state index in [0.29, 0.717) is 11.9 Å². The lowest BCUT2D eigenvalue weighted by molar-refractivity contribution is 0.343. The third-order valence-corrected chi connectivity index (χ3v) is 5.19. The lowest BCUT2D eigenvalue weighted by Crippen LogP contribution is -2.09. The number of fused-ring (bicyclic) bond motifs is 1. The largest absolute Gasteiger partial charge is 0.492 e. The van der Waals surface area contributed by atoms with E-state index in [9.17, 15) is 0 Å². The summed E-state index contributed by atoms with van der Waals surface area (Å²) < 4.78 is 8.68. The van der Waals surface area contributed by atoms with Crippen molar-refractivity contribution in [2.75, 3.05) is 12.4 Å². The summed E-state index contributed by atoms with van der Waals surface area (Å²) in [5.41, 5.74) is 2.18. The number of nitrogens with zero attached hydrogens (tertiary/aromatic N) is 1. The molecule has 1 saturated heterocycles. The van der Waals surface area contributed by atoms with Crippen LogP contribution in [0.15, 0.2) is 18.2 Å². The lowest BCUT2D eigenvalue weighted by Gasteiger charge is -2.10. The van der Waals surface area contributed by atoms with Crippen LogP contribution in [0.3, 0.4) is 0 Å². The first-order chi connectivity index (χ1) is 9.29. The van der Waals surface area contributed by atoms with Gasteiger partial charge in [-0.2, -0.15) is 11.8 Å². The number of para-hydroxylation sites is 1. The molecule has 19 heavy (non-hydrogen) atoms. The van der Waals surface area contributed by atoms with E-state index in [-0.39, 0.29) is 0 Å². The number of imidazole rings is 1. The predicted octanol–water partition coefficient (Wildman–Crippen LogP) is 3.99. The van der Waals surface area contributed by atoms with Gasteiger partial charge in [0, 0.05) is 11.8 Å². The molecule has 1 aromatic carbocycles. The van der Waals surface area contributed by atoms with E-state index in [4.69, 9.17) is 17.0 Å². The molecule has 1 aromatic heterocycles. The van der Waals surface area contributed by atoms with Crippen molar-refractivity contribution in [1.29, 1.82) is 0 Å². The van der Waals surface area contributed by atoms with Crippen LogP contribution >= 0.6 is 24.0 Å². The molecule has 0 bridgehead atoms. The van der Waals surface area contributed by atoms with Crippen LogP contribution < -0.4 is 4.74 Å². The van der Waals surface area contributed by atoms with Crippen molar-refractivity contribution in [3.05, 3.63) is 23.0 Å². The number of aromatic nitrogens is 2. The number of thioether (sulfide) groups is 1. The molecule has 0 radical (unpaired) electrons. The number of hydrogen-bond donors (Lipinski definition) is 1. The molecule has 0 saturated carbocycles. The summed E-state index contributed by atoms with van der Waals surface area (Å²) in [5.74, 6) is 2.17. The van der Waals surface area contributed by atoms with Gasteiger partial charge in [-0.1, -0.05) is 6.07 Å². The lowest BCUT2D eigenvalue weighted by atomic mass is 10.2. The van der Waals surface area contributed by atoms with Crippen LogP contribution in [0.25, 0.3) is 11.0 Å². The van der Waals surface area contributed by atoms with Crippen molar-refractivity contribution in [1.82, 2.24) is 9.55 Å². The first-order valence-corrected chi connectivity index (χ1v) is 8.21. The number of hydrogen-bond acceptors (Lipinski definition) is 3. The maximum Gasteiger partial charge on any atom is 0.178 e. The molecule has 2 aromatic rings. The maximum atomic E-state index is 5.66. The third-order valence-electron chi connectivity index (χ3n) is 3.48. The second-order valence-corrected chi connectivity index (χ2v) is 6.55. The predicted molar refractivity (Wildman–Crippen MR) is 83.8 cm³/mol. The average molecular weight is 294 g/mol. The Balaban J connectivity index is 2.01. The van der Waals surface area contributed by atoms with Crippen molar-refractivity contribution in [3.63, 3.8) is 0 Å². The Hall–Kier alpha value is -0.940. The fourth-order valence-corrected chi connectivity index (χ4v) is 4.13. The van der Waals surface area contributed by atoms with E-state index in [2.05, 4.69) is 27.4 Å². The van der Waals surface area contributed by atoms with E-state index >= 15 is 0 Å². The fraction of sp³-hybridized carbons (Fsp3) is 0.500. The summed E-state index contributed by atoms with van der Waals surface area (Å²) in [6, 6.07) is 6.14. The Bertz CT molecular complexity index is 626. The van der Waals surface area contributed by atoms with Gasteiger partial charge in [0.1, 0.15) is 11.3 Å². The molecule has 0 spiro atoms.